The molecule has 7 heteroatoms. The first-order chi connectivity index (χ1) is 14.6. The SMILES string of the molecule is CC(=O)c1cccc(NC(=O)C2CCN(Cc3nc(-c4ccccc4)no3)CC2)c1. The highest BCUT2D eigenvalue weighted by molar-refractivity contribution is 5.97. The van der Waals surface area contributed by atoms with E-state index in [4.69, 9.17) is 4.52 Å². The first-order valence-electron chi connectivity index (χ1n) is 10.1. The van der Waals surface area contributed by atoms with Crippen molar-refractivity contribution < 1.29 is 14.1 Å². The summed E-state index contributed by atoms with van der Waals surface area (Å²) < 4.78 is 5.40. The average Bonchev–Trinajstić information content (AvgIpc) is 3.23. The van der Waals surface area contributed by atoms with Gasteiger partial charge < -0.3 is 9.84 Å². The molecule has 0 atom stereocenters. The molecule has 30 heavy (non-hydrogen) atoms. The molecule has 0 aliphatic carbocycles. The van der Waals surface area contributed by atoms with Crippen molar-refractivity contribution in [2.75, 3.05) is 18.4 Å². The standard InChI is InChI=1S/C23H24N4O3/c1-16(28)19-8-5-9-20(14-19)24-23(29)18-10-12-27(13-11-18)15-21-25-22(26-30-21)17-6-3-2-4-7-17/h2-9,14,18H,10-13,15H2,1H3,(H,24,29). The van der Waals surface area contributed by atoms with Gasteiger partial charge in [-0.05, 0) is 45.0 Å². The summed E-state index contributed by atoms with van der Waals surface area (Å²) in [5.41, 5.74) is 2.18. The lowest BCUT2D eigenvalue weighted by atomic mass is 9.95. The molecular formula is C23H24N4O3. The summed E-state index contributed by atoms with van der Waals surface area (Å²) in [5.74, 6) is 1.10. The molecule has 1 aliphatic heterocycles. The first-order valence-corrected chi connectivity index (χ1v) is 10.1. The van der Waals surface area contributed by atoms with Crippen molar-refractivity contribution in [3.63, 3.8) is 0 Å². The van der Waals surface area contributed by atoms with Gasteiger partial charge in [-0.15, -0.1) is 0 Å². The smallest absolute Gasteiger partial charge is 0.241 e. The molecule has 2 heterocycles. The van der Waals surface area contributed by atoms with Crippen molar-refractivity contribution in [3.05, 3.63) is 66.1 Å². The summed E-state index contributed by atoms with van der Waals surface area (Å²) in [6.07, 6.45) is 1.52. The number of ketones is 1. The summed E-state index contributed by atoms with van der Waals surface area (Å²) in [4.78, 5) is 30.8. The molecule has 0 unspecified atom stereocenters. The maximum Gasteiger partial charge on any atom is 0.241 e. The normalized spacial score (nSPS) is 15.1. The van der Waals surface area contributed by atoms with Crippen LogP contribution in [0.3, 0.4) is 0 Å². The monoisotopic (exact) mass is 404 g/mol. The molecule has 1 fully saturated rings. The van der Waals surface area contributed by atoms with Crippen LogP contribution in [0, 0.1) is 5.92 Å². The van der Waals surface area contributed by atoms with E-state index in [-0.39, 0.29) is 17.6 Å². The molecule has 0 bridgehead atoms. The second kappa shape index (κ2) is 9.00. The Morgan fingerprint density at radius 2 is 1.87 bits per heavy atom. The van der Waals surface area contributed by atoms with Crippen molar-refractivity contribution in [3.8, 4) is 11.4 Å². The zero-order valence-electron chi connectivity index (χ0n) is 16.9. The molecule has 1 aliphatic rings. The predicted molar refractivity (Wildman–Crippen MR) is 113 cm³/mol. The molecule has 3 aromatic rings. The molecule has 7 nitrogen and oxygen atoms in total. The maximum atomic E-state index is 12.6. The molecule has 1 amide bonds. The quantitative estimate of drug-likeness (QED) is 0.629. The Balaban J connectivity index is 1.29. The molecular weight excluding hydrogens is 380 g/mol. The average molecular weight is 404 g/mol. The van der Waals surface area contributed by atoms with E-state index in [1.165, 1.54) is 6.92 Å². The van der Waals surface area contributed by atoms with Crippen molar-refractivity contribution >= 4 is 17.4 Å². The molecule has 4 rings (SSSR count). The van der Waals surface area contributed by atoms with Gasteiger partial charge in [0.1, 0.15) is 0 Å². The fourth-order valence-corrected chi connectivity index (χ4v) is 3.63. The van der Waals surface area contributed by atoms with Crippen LogP contribution in [0.25, 0.3) is 11.4 Å². The van der Waals surface area contributed by atoms with Crippen LogP contribution in [0.5, 0.6) is 0 Å². The van der Waals surface area contributed by atoms with Gasteiger partial charge >= 0.3 is 0 Å². The van der Waals surface area contributed by atoms with Gasteiger partial charge in [-0.3, -0.25) is 14.5 Å². The first kappa shape index (κ1) is 20.0. The molecule has 1 aromatic heterocycles. The third kappa shape index (κ3) is 4.80. The van der Waals surface area contributed by atoms with E-state index in [0.29, 0.717) is 29.5 Å². The van der Waals surface area contributed by atoms with E-state index in [9.17, 15) is 9.59 Å². The summed E-state index contributed by atoms with van der Waals surface area (Å²) in [7, 11) is 0. The second-order valence-corrected chi connectivity index (χ2v) is 7.55. The zero-order valence-corrected chi connectivity index (χ0v) is 16.9. The number of nitrogens with one attached hydrogen (secondary N) is 1. The molecule has 154 valence electrons. The number of carbonyl (C=O) groups is 2. The molecule has 0 radical (unpaired) electrons. The van der Waals surface area contributed by atoms with Crippen LogP contribution in [0.15, 0.2) is 59.1 Å². The lowest BCUT2D eigenvalue weighted by molar-refractivity contribution is -0.121. The number of likely N-dealkylation sites (tertiary alicyclic amines) is 1. The molecule has 2 aromatic carbocycles. The van der Waals surface area contributed by atoms with Gasteiger partial charge in [0, 0.05) is 22.7 Å². The number of benzene rings is 2. The molecule has 0 saturated carbocycles. The number of piperidine rings is 1. The fraction of sp³-hybridized carbons (Fsp3) is 0.304. The maximum absolute atomic E-state index is 12.6. The Morgan fingerprint density at radius 1 is 1.10 bits per heavy atom. The van der Waals surface area contributed by atoms with Crippen LogP contribution in [0.1, 0.15) is 36.0 Å². The largest absolute Gasteiger partial charge is 0.338 e. The van der Waals surface area contributed by atoms with Crippen LogP contribution < -0.4 is 5.32 Å². The third-order valence-electron chi connectivity index (χ3n) is 5.35. The number of carbonyl (C=O) groups excluding carboxylic acids is 2. The van der Waals surface area contributed by atoms with Crippen LogP contribution in [-0.4, -0.2) is 39.8 Å². The van der Waals surface area contributed by atoms with Gasteiger partial charge in [0.25, 0.3) is 0 Å². The number of hydrogen-bond acceptors (Lipinski definition) is 6. The molecule has 1 saturated heterocycles. The van der Waals surface area contributed by atoms with Gasteiger partial charge in [-0.25, -0.2) is 0 Å². The van der Waals surface area contributed by atoms with Crippen molar-refractivity contribution in [1.82, 2.24) is 15.0 Å². The zero-order chi connectivity index (χ0) is 20.9. The van der Waals surface area contributed by atoms with Crippen LogP contribution in [0.2, 0.25) is 0 Å². The Labute approximate surface area is 175 Å². The third-order valence-corrected chi connectivity index (χ3v) is 5.35. The van der Waals surface area contributed by atoms with Crippen molar-refractivity contribution in [2.24, 2.45) is 5.92 Å². The lowest BCUT2D eigenvalue weighted by Gasteiger charge is -2.30. The van der Waals surface area contributed by atoms with Gasteiger partial charge in [0.2, 0.25) is 17.6 Å². The van der Waals surface area contributed by atoms with E-state index in [1.54, 1.807) is 24.3 Å². The number of rotatable bonds is 6. The fourth-order valence-electron chi connectivity index (χ4n) is 3.63. The number of hydrogen-bond donors (Lipinski definition) is 1. The number of Topliss-reactive ketones (excluding diaryl/α,β-unsaturated/α-hetero) is 1. The lowest BCUT2D eigenvalue weighted by Crippen LogP contribution is -2.37. The second-order valence-electron chi connectivity index (χ2n) is 7.55. The van der Waals surface area contributed by atoms with Crippen LogP contribution in [0.4, 0.5) is 5.69 Å². The van der Waals surface area contributed by atoms with Gasteiger partial charge in [-0.1, -0.05) is 47.6 Å². The van der Waals surface area contributed by atoms with Gasteiger partial charge in [0.15, 0.2) is 5.78 Å². The van der Waals surface area contributed by atoms with E-state index in [0.717, 1.165) is 31.5 Å². The van der Waals surface area contributed by atoms with Crippen LogP contribution >= 0.6 is 0 Å². The number of nitrogens with zero attached hydrogens (tertiary/aromatic N) is 3. The highest BCUT2D eigenvalue weighted by Crippen LogP contribution is 2.22. The van der Waals surface area contributed by atoms with Crippen molar-refractivity contribution in [1.29, 1.82) is 0 Å². The van der Waals surface area contributed by atoms with Crippen LogP contribution in [-0.2, 0) is 11.3 Å². The van der Waals surface area contributed by atoms with E-state index >= 15 is 0 Å². The van der Waals surface area contributed by atoms with E-state index < -0.39 is 0 Å². The number of anilines is 1. The van der Waals surface area contributed by atoms with E-state index in [1.807, 2.05) is 30.3 Å². The summed E-state index contributed by atoms with van der Waals surface area (Å²) in [6.45, 7) is 3.67. The Hall–Kier alpha value is -3.32. The van der Waals surface area contributed by atoms with Gasteiger partial charge in [-0.2, -0.15) is 4.98 Å². The predicted octanol–water partition coefficient (Wildman–Crippen LogP) is 3.79. The Bertz CT molecular complexity index is 1020. The van der Waals surface area contributed by atoms with E-state index in [2.05, 4.69) is 20.4 Å². The minimum Gasteiger partial charge on any atom is -0.338 e. The van der Waals surface area contributed by atoms with Crippen molar-refractivity contribution in [2.45, 2.75) is 26.3 Å². The molecule has 0 spiro atoms. The highest BCUT2D eigenvalue weighted by atomic mass is 16.5. The Kier molecular flexibility index (Phi) is 5.99. The minimum atomic E-state index is -0.0511. The minimum absolute atomic E-state index is 0.000457. The molecule has 1 N–H and O–H groups in total. The summed E-state index contributed by atoms with van der Waals surface area (Å²) in [6, 6.07) is 16.8. The van der Waals surface area contributed by atoms with Gasteiger partial charge in [0.05, 0.1) is 6.54 Å². The number of aromatic nitrogens is 2. The summed E-state index contributed by atoms with van der Waals surface area (Å²) >= 11 is 0. The topological polar surface area (TPSA) is 88.3 Å². The highest BCUT2D eigenvalue weighted by Gasteiger charge is 2.26. The number of amides is 1. The summed E-state index contributed by atoms with van der Waals surface area (Å²) in [5, 5.41) is 7.00. The Morgan fingerprint density at radius 3 is 2.60 bits per heavy atom.